The molecular formula is C32H30FN5O3S. The van der Waals surface area contributed by atoms with Gasteiger partial charge in [-0.2, -0.15) is 11.8 Å². The van der Waals surface area contributed by atoms with Gasteiger partial charge in [-0.15, -0.1) is 0 Å². The van der Waals surface area contributed by atoms with Crippen molar-refractivity contribution < 1.29 is 9.18 Å². The molecule has 214 valence electrons. The number of carbonyl (C=O) groups excluding carboxylic acids is 1. The summed E-state index contributed by atoms with van der Waals surface area (Å²) in [6, 6.07) is 12.0. The van der Waals surface area contributed by atoms with Crippen LogP contribution < -0.4 is 16.6 Å². The molecule has 4 heterocycles. The Morgan fingerprint density at radius 3 is 2.36 bits per heavy atom. The summed E-state index contributed by atoms with van der Waals surface area (Å²) in [6.07, 6.45) is 8.07. The van der Waals surface area contributed by atoms with Crippen LogP contribution in [0.15, 0.2) is 70.6 Å². The van der Waals surface area contributed by atoms with Crippen LogP contribution in [0.25, 0.3) is 11.0 Å². The van der Waals surface area contributed by atoms with Crippen LogP contribution >= 0.6 is 11.8 Å². The first-order chi connectivity index (χ1) is 20.5. The average Bonchev–Trinajstić information content (AvgIpc) is 3.02. The van der Waals surface area contributed by atoms with Crippen molar-refractivity contribution in [2.75, 3.05) is 11.5 Å². The zero-order valence-corrected chi connectivity index (χ0v) is 23.8. The lowest BCUT2D eigenvalue weighted by Crippen LogP contribution is -2.46. The number of aromatic nitrogens is 4. The van der Waals surface area contributed by atoms with Gasteiger partial charge in [0.15, 0.2) is 0 Å². The fourth-order valence-electron chi connectivity index (χ4n) is 5.84. The lowest BCUT2D eigenvalue weighted by Gasteiger charge is -2.31. The highest BCUT2D eigenvalue weighted by atomic mass is 32.2. The quantitative estimate of drug-likeness (QED) is 0.356. The largest absolute Gasteiger partial charge is 0.349 e. The van der Waals surface area contributed by atoms with E-state index in [4.69, 9.17) is 0 Å². The van der Waals surface area contributed by atoms with Crippen molar-refractivity contribution in [3.63, 3.8) is 0 Å². The van der Waals surface area contributed by atoms with Crippen LogP contribution in [0.3, 0.4) is 0 Å². The summed E-state index contributed by atoms with van der Waals surface area (Å²) >= 11 is 1.84. The van der Waals surface area contributed by atoms with E-state index in [0.717, 1.165) is 36.1 Å². The monoisotopic (exact) mass is 583 g/mol. The van der Waals surface area contributed by atoms with E-state index in [1.54, 1.807) is 16.8 Å². The molecule has 1 aromatic carbocycles. The second kappa shape index (κ2) is 12.3. The van der Waals surface area contributed by atoms with E-state index in [9.17, 15) is 18.8 Å². The highest BCUT2D eigenvalue weighted by Gasteiger charge is 2.30. The van der Waals surface area contributed by atoms with Crippen molar-refractivity contribution in [1.82, 2.24) is 24.4 Å². The maximum absolute atomic E-state index is 14.2. The Balaban J connectivity index is 1.18. The molecule has 42 heavy (non-hydrogen) atoms. The van der Waals surface area contributed by atoms with Crippen molar-refractivity contribution >= 4 is 28.7 Å². The smallest absolute Gasteiger partial charge is 0.333 e. The van der Waals surface area contributed by atoms with Crippen LogP contribution in [-0.2, 0) is 0 Å². The fraction of sp³-hybridized carbons (Fsp3) is 0.344. The summed E-state index contributed by atoms with van der Waals surface area (Å²) in [4.78, 5) is 48.7. The van der Waals surface area contributed by atoms with Gasteiger partial charge in [0.2, 0.25) is 0 Å². The summed E-state index contributed by atoms with van der Waals surface area (Å²) in [5, 5.41) is 3.21. The van der Waals surface area contributed by atoms with Crippen LogP contribution in [-0.4, -0.2) is 42.6 Å². The summed E-state index contributed by atoms with van der Waals surface area (Å²) in [5.41, 5.74) is 1.31. The van der Waals surface area contributed by atoms with Gasteiger partial charge < -0.3 is 5.32 Å². The van der Waals surface area contributed by atoms with Crippen LogP contribution in [0.5, 0.6) is 0 Å². The maximum Gasteiger partial charge on any atom is 0.333 e. The predicted molar refractivity (Wildman–Crippen MR) is 161 cm³/mol. The summed E-state index contributed by atoms with van der Waals surface area (Å²) in [6.45, 7) is 0. The molecule has 6 rings (SSSR count). The molecule has 1 amide bonds. The van der Waals surface area contributed by atoms with E-state index >= 15 is 0 Å². The molecule has 1 saturated carbocycles. The van der Waals surface area contributed by atoms with E-state index < -0.39 is 11.4 Å². The number of thioether (sulfide) groups is 1. The minimum absolute atomic E-state index is 0.0801. The number of halogens is 1. The highest BCUT2D eigenvalue weighted by Crippen LogP contribution is 2.30. The number of nitrogens with one attached hydrogen (secondary N) is 1. The van der Waals surface area contributed by atoms with Crippen molar-refractivity contribution in [2.45, 2.75) is 56.7 Å². The third-order valence-corrected chi connectivity index (χ3v) is 9.05. The highest BCUT2D eigenvalue weighted by molar-refractivity contribution is 7.99. The first kappa shape index (κ1) is 27.9. The van der Waals surface area contributed by atoms with E-state index in [-0.39, 0.29) is 40.8 Å². The number of fused-ring (bicyclic) bond motifs is 1. The molecule has 0 spiro atoms. The van der Waals surface area contributed by atoms with Crippen molar-refractivity contribution in [3.05, 3.63) is 104 Å². The molecule has 3 aromatic heterocycles. The Hall–Kier alpha value is -4.23. The lowest BCUT2D eigenvalue weighted by atomic mass is 9.90. The van der Waals surface area contributed by atoms with Crippen LogP contribution in [0.1, 0.15) is 72.1 Å². The van der Waals surface area contributed by atoms with E-state index in [2.05, 4.69) is 27.1 Å². The summed E-state index contributed by atoms with van der Waals surface area (Å²) < 4.78 is 17.1. The van der Waals surface area contributed by atoms with Gasteiger partial charge in [0.25, 0.3) is 11.5 Å². The fourth-order valence-corrected chi connectivity index (χ4v) is 6.93. The number of amides is 1. The van der Waals surface area contributed by atoms with Gasteiger partial charge >= 0.3 is 5.69 Å². The van der Waals surface area contributed by atoms with Crippen LogP contribution in [0.2, 0.25) is 0 Å². The first-order valence-electron chi connectivity index (χ1n) is 14.2. The Kier molecular flexibility index (Phi) is 8.20. The number of pyridine rings is 2. The van der Waals surface area contributed by atoms with E-state index in [0.29, 0.717) is 36.8 Å². The molecule has 1 saturated heterocycles. The predicted octanol–water partition coefficient (Wildman–Crippen LogP) is 4.47. The van der Waals surface area contributed by atoms with E-state index in [1.807, 2.05) is 42.1 Å². The molecule has 1 aliphatic carbocycles. The normalized spacial score (nSPS) is 19.2. The molecule has 0 atom stereocenters. The lowest BCUT2D eigenvalue weighted by molar-refractivity contribution is 0.0921. The van der Waals surface area contributed by atoms with Gasteiger partial charge in [-0.3, -0.25) is 23.7 Å². The first-order valence-corrected chi connectivity index (χ1v) is 15.4. The zero-order chi connectivity index (χ0) is 29.1. The standard InChI is InChI=1S/C32H30FN5O3S/c33-24-17-28-29(35-20-24)37(27-12-14-42-15-13-27)32(41)38(31(28)40)26-10-8-25(9-11-26)36-30(39)23-16-22(18-34-19-23)7-6-21-4-2-1-3-5-21/h1-5,16-20,25-27H,8-15H2,(H,36,39). The topological polar surface area (TPSA) is 98.9 Å². The molecular weight excluding hydrogens is 553 g/mol. The maximum atomic E-state index is 14.2. The van der Waals surface area contributed by atoms with Gasteiger partial charge in [-0.1, -0.05) is 30.0 Å². The Morgan fingerprint density at radius 1 is 0.881 bits per heavy atom. The number of hydrogen-bond acceptors (Lipinski definition) is 6. The molecule has 8 nitrogen and oxygen atoms in total. The van der Waals surface area contributed by atoms with Crippen molar-refractivity contribution in [2.24, 2.45) is 0 Å². The zero-order valence-electron chi connectivity index (χ0n) is 23.0. The third-order valence-electron chi connectivity index (χ3n) is 8.00. The van der Waals surface area contributed by atoms with E-state index in [1.165, 1.54) is 16.8 Å². The van der Waals surface area contributed by atoms with Crippen LogP contribution in [0.4, 0.5) is 4.39 Å². The number of carbonyl (C=O) groups is 1. The Labute approximate surface area is 246 Å². The molecule has 0 bridgehead atoms. The van der Waals surface area contributed by atoms with Gasteiger partial charge in [-0.25, -0.2) is 14.2 Å². The number of rotatable bonds is 4. The van der Waals surface area contributed by atoms with Crippen molar-refractivity contribution in [3.8, 4) is 11.8 Å². The molecule has 0 radical (unpaired) electrons. The van der Waals surface area contributed by atoms with Gasteiger partial charge in [-0.05, 0) is 74.3 Å². The SMILES string of the molecule is O=C(NC1CCC(n2c(=O)c3cc(F)cnc3n(C3CCSCC3)c2=O)CC1)c1cncc(C#Cc2ccccc2)c1. The molecule has 2 aliphatic rings. The molecule has 0 unspecified atom stereocenters. The Bertz CT molecular complexity index is 1800. The molecule has 10 heteroatoms. The molecule has 2 fully saturated rings. The summed E-state index contributed by atoms with van der Waals surface area (Å²) in [7, 11) is 0. The summed E-state index contributed by atoms with van der Waals surface area (Å²) in [5.74, 6) is 7.12. The third kappa shape index (κ3) is 5.88. The second-order valence-corrected chi connectivity index (χ2v) is 12.0. The number of benzene rings is 1. The van der Waals surface area contributed by atoms with Gasteiger partial charge in [0, 0.05) is 41.6 Å². The molecule has 1 N–H and O–H groups in total. The average molecular weight is 584 g/mol. The van der Waals surface area contributed by atoms with Crippen molar-refractivity contribution in [1.29, 1.82) is 0 Å². The number of hydrogen-bond donors (Lipinski definition) is 1. The van der Waals surface area contributed by atoms with Gasteiger partial charge in [0.05, 0.1) is 17.1 Å². The minimum Gasteiger partial charge on any atom is -0.349 e. The van der Waals surface area contributed by atoms with Gasteiger partial charge in [0.1, 0.15) is 11.5 Å². The minimum atomic E-state index is -0.605. The van der Waals surface area contributed by atoms with Crippen LogP contribution in [0, 0.1) is 17.7 Å². The molecule has 4 aromatic rings. The Morgan fingerprint density at radius 2 is 1.60 bits per heavy atom. The molecule has 1 aliphatic heterocycles. The second-order valence-electron chi connectivity index (χ2n) is 10.8. The number of nitrogens with zero attached hydrogens (tertiary/aromatic N) is 4.